The van der Waals surface area contributed by atoms with Crippen molar-refractivity contribution in [3.05, 3.63) is 72.6 Å². The van der Waals surface area contributed by atoms with E-state index < -0.39 is 0 Å². The normalized spacial score (nSPS) is 17.0. The number of aryl methyl sites for hydroxylation is 2. The van der Waals surface area contributed by atoms with Crippen molar-refractivity contribution in [1.82, 2.24) is 19.7 Å². The van der Waals surface area contributed by atoms with Crippen LogP contribution in [0.4, 0.5) is 0 Å². The summed E-state index contributed by atoms with van der Waals surface area (Å²) in [4.78, 5) is 4.48. The lowest BCUT2D eigenvalue weighted by atomic mass is 9.93. The van der Waals surface area contributed by atoms with Gasteiger partial charge in [0, 0.05) is 29.8 Å². The highest BCUT2D eigenvalue weighted by molar-refractivity contribution is 5.67. The van der Waals surface area contributed by atoms with Gasteiger partial charge in [0.25, 0.3) is 0 Å². The first-order valence-electron chi connectivity index (χ1n) is 8.41. The first kappa shape index (κ1) is 13.7. The van der Waals surface area contributed by atoms with Gasteiger partial charge in [-0.1, -0.05) is 12.1 Å². The summed E-state index contributed by atoms with van der Waals surface area (Å²) in [5, 5.41) is 8.22. The summed E-state index contributed by atoms with van der Waals surface area (Å²) in [5.74, 6) is 1.04. The average Bonchev–Trinajstić information content (AvgIpc) is 3.30. The molecule has 0 atom stereocenters. The number of hydrogen-bond donors (Lipinski definition) is 0. The fraction of sp³-hybridized carbons (Fsp3) is 0.250. The van der Waals surface area contributed by atoms with Crippen LogP contribution in [-0.2, 0) is 18.3 Å². The SMILES string of the molecule is C=CC1(c2cncc(-c3ccc4c(c3)CCc3nncn3-4)c2)CC1. The number of allylic oxidation sites excluding steroid dienone is 1. The minimum atomic E-state index is 0.161. The highest BCUT2D eigenvalue weighted by Gasteiger charge is 2.41. The Bertz CT molecular complexity index is 950. The lowest BCUT2D eigenvalue weighted by Gasteiger charge is -2.19. The van der Waals surface area contributed by atoms with Gasteiger partial charge in [0.2, 0.25) is 0 Å². The molecule has 24 heavy (non-hydrogen) atoms. The monoisotopic (exact) mass is 314 g/mol. The van der Waals surface area contributed by atoms with Crippen LogP contribution in [0.3, 0.4) is 0 Å². The zero-order chi connectivity index (χ0) is 16.1. The Morgan fingerprint density at radius 3 is 2.83 bits per heavy atom. The van der Waals surface area contributed by atoms with E-state index in [9.17, 15) is 0 Å². The molecule has 0 radical (unpaired) electrons. The van der Waals surface area contributed by atoms with Crippen molar-refractivity contribution in [3.8, 4) is 16.8 Å². The van der Waals surface area contributed by atoms with Crippen LogP contribution in [0.5, 0.6) is 0 Å². The van der Waals surface area contributed by atoms with E-state index in [1.165, 1.54) is 40.8 Å². The van der Waals surface area contributed by atoms with Crippen LogP contribution in [0, 0.1) is 0 Å². The van der Waals surface area contributed by atoms with E-state index in [1.54, 1.807) is 6.33 Å². The first-order valence-corrected chi connectivity index (χ1v) is 8.41. The van der Waals surface area contributed by atoms with Crippen molar-refractivity contribution in [2.24, 2.45) is 0 Å². The number of pyridine rings is 1. The third-order valence-corrected chi connectivity index (χ3v) is 5.40. The Balaban J connectivity index is 1.57. The molecule has 3 aromatic rings. The van der Waals surface area contributed by atoms with Gasteiger partial charge in [0.05, 0.1) is 5.69 Å². The van der Waals surface area contributed by atoms with Gasteiger partial charge in [-0.3, -0.25) is 9.55 Å². The van der Waals surface area contributed by atoms with Crippen LogP contribution in [0.1, 0.15) is 29.8 Å². The highest BCUT2D eigenvalue weighted by atomic mass is 15.3. The Hall–Kier alpha value is -2.75. The molecule has 0 unspecified atom stereocenters. The maximum Gasteiger partial charge on any atom is 0.137 e. The summed E-state index contributed by atoms with van der Waals surface area (Å²) in [5.41, 5.74) is 6.38. The maximum absolute atomic E-state index is 4.48. The number of fused-ring (bicyclic) bond motifs is 3. The maximum atomic E-state index is 4.48. The van der Waals surface area contributed by atoms with E-state index in [0.29, 0.717) is 0 Å². The molecule has 4 heteroatoms. The van der Waals surface area contributed by atoms with Gasteiger partial charge in [0.15, 0.2) is 0 Å². The number of aromatic nitrogens is 4. The molecule has 118 valence electrons. The third kappa shape index (κ3) is 1.96. The molecule has 3 heterocycles. The van der Waals surface area contributed by atoms with Crippen LogP contribution in [-0.4, -0.2) is 19.7 Å². The molecule has 0 saturated heterocycles. The molecule has 0 bridgehead atoms. The van der Waals surface area contributed by atoms with Gasteiger partial charge < -0.3 is 0 Å². The van der Waals surface area contributed by atoms with E-state index in [0.717, 1.165) is 18.7 Å². The molecule has 1 saturated carbocycles. The molecule has 5 rings (SSSR count). The number of nitrogens with zero attached hydrogens (tertiary/aromatic N) is 4. The molecule has 2 aromatic heterocycles. The fourth-order valence-electron chi connectivity index (χ4n) is 3.69. The zero-order valence-electron chi connectivity index (χ0n) is 13.4. The van der Waals surface area contributed by atoms with Crippen molar-refractivity contribution in [3.63, 3.8) is 0 Å². The van der Waals surface area contributed by atoms with Crippen LogP contribution in [0.2, 0.25) is 0 Å². The average molecular weight is 314 g/mol. The molecule has 1 fully saturated rings. The molecule has 0 N–H and O–H groups in total. The summed E-state index contributed by atoms with van der Waals surface area (Å²) < 4.78 is 2.09. The van der Waals surface area contributed by atoms with Crippen molar-refractivity contribution < 1.29 is 0 Å². The van der Waals surface area contributed by atoms with E-state index in [1.807, 2.05) is 12.4 Å². The predicted octanol–water partition coefficient (Wildman–Crippen LogP) is 3.65. The second-order valence-electron chi connectivity index (χ2n) is 6.78. The molecule has 4 nitrogen and oxygen atoms in total. The molecule has 0 amide bonds. The van der Waals surface area contributed by atoms with Gasteiger partial charge >= 0.3 is 0 Å². The summed E-state index contributed by atoms with van der Waals surface area (Å²) >= 11 is 0. The van der Waals surface area contributed by atoms with Crippen molar-refractivity contribution >= 4 is 0 Å². The lowest BCUT2D eigenvalue weighted by molar-refractivity contribution is 0.775. The summed E-state index contributed by atoms with van der Waals surface area (Å²) in [6, 6.07) is 8.90. The van der Waals surface area contributed by atoms with E-state index in [4.69, 9.17) is 0 Å². The van der Waals surface area contributed by atoms with Crippen LogP contribution in [0.15, 0.2) is 55.6 Å². The standard InChI is InChI=1S/C20H18N4/c1-2-20(7-8-20)17-10-16(11-21-12-17)14-3-5-18-15(9-14)4-6-19-23-22-13-24(18)19/h2-3,5,9-13H,1,4,6-8H2. The molecule has 1 aliphatic heterocycles. The Morgan fingerprint density at radius 2 is 2.00 bits per heavy atom. The summed E-state index contributed by atoms with van der Waals surface area (Å²) in [7, 11) is 0. The number of benzene rings is 1. The minimum Gasteiger partial charge on any atom is -0.285 e. The van der Waals surface area contributed by atoms with Gasteiger partial charge in [-0.25, -0.2) is 0 Å². The van der Waals surface area contributed by atoms with E-state index in [-0.39, 0.29) is 5.41 Å². The van der Waals surface area contributed by atoms with Crippen molar-refractivity contribution in [1.29, 1.82) is 0 Å². The lowest BCUT2D eigenvalue weighted by Crippen LogP contribution is -2.11. The Morgan fingerprint density at radius 1 is 1.08 bits per heavy atom. The Labute approximate surface area is 140 Å². The third-order valence-electron chi connectivity index (χ3n) is 5.40. The molecule has 2 aliphatic rings. The molecule has 1 aliphatic carbocycles. The molecular formula is C20H18N4. The zero-order valence-corrected chi connectivity index (χ0v) is 13.4. The van der Waals surface area contributed by atoms with Crippen molar-refractivity contribution in [2.75, 3.05) is 0 Å². The van der Waals surface area contributed by atoms with E-state index >= 15 is 0 Å². The van der Waals surface area contributed by atoms with Crippen LogP contribution < -0.4 is 0 Å². The van der Waals surface area contributed by atoms with Crippen LogP contribution >= 0.6 is 0 Å². The largest absolute Gasteiger partial charge is 0.285 e. The smallest absolute Gasteiger partial charge is 0.137 e. The fourth-order valence-corrected chi connectivity index (χ4v) is 3.69. The minimum absolute atomic E-state index is 0.161. The van der Waals surface area contributed by atoms with Gasteiger partial charge in [0.1, 0.15) is 12.2 Å². The second-order valence-corrected chi connectivity index (χ2v) is 6.78. The van der Waals surface area contributed by atoms with Gasteiger partial charge in [-0.05, 0) is 54.2 Å². The molecule has 0 spiro atoms. The topological polar surface area (TPSA) is 43.6 Å². The summed E-state index contributed by atoms with van der Waals surface area (Å²) in [6.07, 6.45) is 12.1. The van der Waals surface area contributed by atoms with Crippen molar-refractivity contribution in [2.45, 2.75) is 31.1 Å². The highest BCUT2D eigenvalue weighted by Crippen LogP contribution is 2.49. The Kier molecular flexibility index (Phi) is 2.77. The summed E-state index contributed by atoms with van der Waals surface area (Å²) in [6.45, 7) is 4.01. The molecular weight excluding hydrogens is 296 g/mol. The number of hydrogen-bond acceptors (Lipinski definition) is 3. The first-order chi connectivity index (χ1) is 11.8. The number of rotatable bonds is 3. The van der Waals surface area contributed by atoms with Gasteiger partial charge in [-0.2, -0.15) is 0 Å². The quantitative estimate of drug-likeness (QED) is 0.693. The predicted molar refractivity (Wildman–Crippen MR) is 93.1 cm³/mol. The van der Waals surface area contributed by atoms with Crippen LogP contribution in [0.25, 0.3) is 16.8 Å². The van der Waals surface area contributed by atoms with Gasteiger partial charge in [-0.15, -0.1) is 16.8 Å². The van der Waals surface area contributed by atoms with E-state index in [2.05, 4.69) is 56.7 Å². The molecule has 1 aromatic carbocycles. The second kappa shape index (κ2) is 4.87.